The Morgan fingerprint density at radius 2 is 1.69 bits per heavy atom. The van der Waals surface area contributed by atoms with Crippen molar-refractivity contribution in [2.75, 3.05) is 31.6 Å². The Bertz CT molecular complexity index is 1380. The molecule has 1 aromatic heterocycles. The van der Waals surface area contributed by atoms with Crippen LogP contribution in [0.1, 0.15) is 29.7 Å². The maximum atomic E-state index is 13.5. The van der Waals surface area contributed by atoms with Crippen LogP contribution < -0.4 is 14.4 Å². The number of nitrogens with zero attached hydrogens (tertiary/aromatic N) is 5. The van der Waals surface area contributed by atoms with Gasteiger partial charge in [-0.05, 0) is 49.2 Å². The van der Waals surface area contributed by atoms with Crippen LogP contribution in [-0.4, -0.2) is 49.4 Å². The van der Waals surface area contributed by atoms with Gasteiger partial charge in [-0.2, -0.15) is 14.6 Å². The van der Waals surface area contributed by atoms with E-state index in [0.717, 1.165) is 31.6 Å². The fourth-order valence-electron chi connectivity index (χ4n) is 4.37. The van der Waals surface area contributed by atoms with E-state index in [4.69, 9.17) is 19.4 Å². The topological polar surface area (TPSA) is 109 Å². The zero-order chi connectivity index (χ0) is 24.4. The highest BCUT2D eigenvalue weighted by molar-refractivity contribution is 7.89. The summed E-state index contributed by atoms with van der Waals surface area (Å²) in [6.07, 6.45) is 2.59. The molecule has 0 saturated carbocycles. The molecule has 10 heteroatoms. The lowest BCUT2D eigenvalue weighted by atomic mass is 10.1. The number of methoxy groups -OCH3 is 1. The molecule has 0 atom stereocenters. The highest BCUT2D eigenvalue weighted by Gasteiger charge is 2.34. The van der Waals surface area contributed by atoms with Crippen LogP contribution >= 0.6 is 0 Å². The number of aromatic nitrogens is 2. The van der Waals surface area contributed by atoms with Crippen molar-refractivity contribution in [3.8, 4) is 23.4 Å². The van der Waals surface area contributed by atoms with Gasteiger partial charge in [-0.25, -0.2) is 13.4 Å². The lowest BCUT2D eigenvalue weighted by Gasteiger charge is -2.29. The van der Waals surface area contributed by atoms with E-state index in [1.54, 1.807) is 43.5 Å². The molecule has 9 nitrogen and oxygen atoms in total. The molecule has 2 aliphatic heterocycles. The van der Waals surface area contributed by atoms with Gasteiger partial charge in [0.05, 0.1) is 28.8 Å². The number of hydrogen-bond acceptors (Lipinski definition) is 8. The van der Waals surface area contributed by atoms with Crippen molar-refractivity contribution < 1.29 is 17.9 Å². The van der Waals surface area contributed by atoms with Crippen molar-refractivity contribution in [2.45, 2.75) is 30.7 Å². The maximum Gasteiger partial charge on any atom is 0.244 e. The van der Waals surface area contributed by atoms with E-state index in [9.17, 15) is 13.7 Å². The molecule has 2 aliphatic rings. The van der Waals surface area contributed by atoms with Gasteiger partial charge >= 0.3 is 0 Å². The Labute approximate surface area is 204 Å². The van der Waals surface area contributed by atoms with E-state index >= 15 is 0 Å². The Hall–Kier alpha value is -3.68. The third-order valence-electron chi connectivity index (χ3n) is 6.26. The number of anilines is 1. The number of sulfonamides is 1. The molecule has 0 aliphatic carbocycles. The third-order valence-corrected chi connectivity index (χ3v) is 8.17. The first-order valence-electron chi connectivity index (χ1n) is 11.5. The maximum absolute atomic E-state index is 13.5. The van der Waals surface area contributed by atoms with Crippen LogP contribution in [-0.2, 0) is 23.0 Å². The molecule has 0 spiro atoms. The van der Waals surface area contributed by atoms with Crippen LogP contribution in [0.5, 0.6) is 17.4 Å². The first-order chi connectivity index (χ1) is 17.0. The summed E-state index contributed by atoms with van der Waals surface area (Å²) in [5.74, 6) is 2.22. The molecule has 0 radical (unpaired) electrons. The van der Waals surface area contributed by atoms with E-state index in [-0.39, 0.29) is 23.5 Å². The number of nitriles is 1. The number of fused-ring (bicyclic) bond motifs is 1. The van der Waals surface area contributed by atoms with Crippen molar-refractivity contribution in [3.05, 3.63) is 65.4 Å². The molecule has 0 N–H and O–H groups in total. The largest absolute Gasteiger partial charge is 0.497 e. The number of benzene rings is 2. The molecule has 5 rings (SSSR count). The van der Waals surface area contributed by atoms with Gasteiger partial charge in [-0.1, -0.05) is 12.1 Å². The molecular weight excluding hydrogens is 466 g/mol. The third kappa shape index (κ3) is 4.52. The SMILES string of the molecule is COc1ccc(Oc2nc(N3CCCC3)nc3c2CN(S(=O)(=O)c2ccccc2C#N)CC3)cc1. The molecule has 35 heavy (non-hydrogen) atoms. The second-order valence-corrected chi connectivity index (χ2v) is 10.3. The standard InChI is InChI=1S/C25H25N5O4S/c1-33-19-8-10-20(11-9-19)34-24-21-17-30(35(31,32)23-7-3-2-6-18(23)16-26)15-12-22(21)27-25(28-24)29-13-4-5-14-29/h2-3,6-11H,4-5,12-15,17H2,1H3. The van der Waals surface area contributed by atoms with Crippen LogP contribution in [0, 0.1) is 11.3 Å². The smallest absolute Gasteiger partial charge is 0.244 e. The van der Waals surface area contributed by atoms with Gasteiger partial charge in [0.25, 0.3) is 0 Å². The van der Waals surface area contributed by atoms with E-state index in [1.165, 1.54) is 16.4 Å². The van der Waals surface area contributed by atoms with Gasteiger partial charge in [-0.15, -0.1) is 0 Å². The van der Waals surface area contributed by atoms with Gasteiger partial charge < -0.3 is 14.4 Å². The molecule has 2 aromatic carbocycles. The lowest BCUT2D eigenvalue weighted by molar-refractivity contribution is 0.369. The van der Waals surface area contributed by atoms with E-state index in [1.807, 2.05) is 6.07 Å². The molecule has 0 unspecified atom stereocenters. The summed E-state index contributed by atoms with van der Waals surface area (Å²) < 4.78 is 39.7. The van der Waals surface area contributed by atoms with Gasteiger partial charge in [0.1, 0.15) is 17.6 Å². The minimum atomic E-state index is -3.90. The molecule has 0 amide bonds. The summed E-state index contributed by atoms with van der Waals surface area (Å²) in [7, 11) is -2.30. The highest BCUT2D eigenvalue weighted by atomic mass is 32.2. The van der Waals surface area contributed by atoms with Crippen molar-refractivity contribution in [1.82, 2.24) is 14.3 Å². The van der Waals surface area contributed by atoms with Gasteiger partial charge in [0, 0.05) is 32.6 Å². The van der Waals surface area contributed by atoms with E-state index < -0.39 is 10.0 Å². The van der Waals surface area contributed by atoms with Crippen LogP contribution in [0.4, 0.5) is 5.95 Å². The Morgan fingerprint density at radius 3 is 2.40 bits per heavy atom. The predicted octanol–water partition coefficient (Wildman–Crippen LogP) is 3.50. The molecule has 1 fully saturated rings. The Balaban J connectivity index is 1.52. The molecule has 1 saturated heterocycles. The van der Waals surface area contributed by atoms with Crippen molar-refractivity contribution in [3.63, 3.8) is 0 Å². The summed E-state index contributed by atoms with van der Waals surface area (Å²) in [6.45, 7) is 2.08. The quantitative estimate of drug-likeness (QED) is 0.516. The summed E-state index contributed by atoms with van der Waals surface area (Å²) >= 11 is 0. The molecule has 3 aromatic rings. The molecule has 3 heterocycles. The highest BCUT2D eigenvalue weighted by Crippen LogP contribution is 2.34. The monoisotopic (exact) mass is 491 g/mol. The van der Waals surface area contributed by atoms with Crippen molar-refractivity contribution in [1.29, 1.82) is 5.26 Å². The number of ether oxygens (including phenoxy) is 2. The van der Waals surface area contributed by atoms with Crippen LogP contribution in [0.3, 0.4) is 0 Å². The molecular formula is C25H25N5O4S. The normalized spacial score (nSPS) is 15.9. The second kappa shape index (κ2) is 9.52. The minimum absolute atomic E-state index is 0.00169. The lowest BCUT2D eigenvalue weighted by Crippen LogP contribution is -2.37. The predicted molar refractivity (Wildman–Crippen MR) is 129 cm³/mol. The van der Waals surface area contributed by atoms with Crippen molar-refractivity contribution in [2.24, 2.45) is 0 Å². The number of hydrogen-bond donors (Lipinski definition) is 0. The molecule has 180 valence electrons. The summed E-state index contributed by atoms with van der Waals surface area (Å²) in [6, 6.07) is 15.4. The average Bonchev–Trinajstić information content (AvgIpc) is 3.44. The first-order valence-corrected chi connectivity index (χ1v) is 12.9. The van der Waals surface area contributed by atoms with Gasteiger partial charge in [0.15, 0.2) is 0 Å². The summed E-state index contributed by atoms with van der Waals surface area (Å²) in [4.78, 5) is 11.6. The minimum Gasteiger partial charge on any atom is -0.497 e. The van der Waals surface area contributed by atoms with Crippen LogP contribution in [0.15, 0.2) is 53.4 Å². The fraction of sp³-hybridized carbons (Fsp3) is 0.320. The average molecular weight is 492 g/mol. The Morgan fingerprint density at radius 1 is 0.971 bits per heavy atom. The first kappa shape index (κ1) is 23.1. The molecule has 0 bridgehead atoms. The van der Waals surface area contributed by atoms with Gasteiger partial charge in [0.2, 0.25) is 21.9 Å². The van der Waals surface area contributed by atoms with Crippen LogP contribution in [0.25, 0.3) is 0 Å². The van der Waals surface area contributed by atoms with Crippen molar-refractivity contribution >= 4 is 16.0 Å². The summed E-state index contributed by atoms with van der Waals surface area (Å²) in [5.41, 5.74) is 1.53. The second-order valence-electron chi connectivity index (χ2n) is 8.42. The van der Waals surface area contributed by atoms with Crippen LogP contribution in [0.2, 0.25) is 0 Å². The zero-order valence-corrected chi connectivity index (χ0v) is 20.2. The fourth-order valence-corrected chi connectivity index (χ4v) is 5.92. The van der Waals surface area contributed by atoms with E-state index in [0.29, 0.717) is 35.3 Å². The Kier molecular flexibility index (Phi) is 6.28. The zero-order valence-electron chi connectivity index (χ0n) is 19.3. The van der Waals surface area contributed by atoms with E-state index in [2.05, 4.69) is 4.90 Å². The number of rotatable bonds is 6. The summed E-state index contributed by atoms with van der Waals surface area (Å²) in [5, 5.41) is 9.43. The van der Waals surface area contributed by atoms with Gasteiger partial charge in [-0.3, -0.25) is 0 Å².